The second-order valence-electron chi connectivity index (χ2n) is 0.962. The molecule has 0 nitrogen and oxygen atoms in total. The molecule has 0 aliphatic carbocycles. The van der Waals surface area contributed by atoms with Crippen molar-refractivity contribution in [3.8, 4) is 0 Å². The van der Waals surface area contributed by atoms with Crippen LogP contribution < -0.4 is 24.0 Å². The molecule has 1 rings (SSSR count). The van der Waals surface area contributed by atoms with Crippen LogP contribution in [-0.2, 0) is 17.1 Å². The van der Waals surface area contributed by atoms with Crippen LogP contribution in [0.4, 0.5) is 0 Å². The number of halogens is 1. The summed E-state index contributed by atoms with van der Waals surface area (Å²) in [6, 6.07) is 10.0. The van der Waals surface area contributed by atoms with E-state index in [4.69, 9.17) is 0 Å². The normalized spacial score (nSPS) is 5.71. The molecule has 1 radical (unpaired) electrons. The summed E-state index contributed by atoms with van der Waals surface area (Å²) in [5, 5.41) is 0. The second kappa shape index (κ2) is 6.60. The quantitative estimate of drug-likeness (QED) is 0.294. The molecule has 0 aliphatic rings. The van der Waals surface area contributed by atoms with E-state index in [2.05, 4.69) is 0 Å². The molecule has 1 aromatic rings. The molecule has 0 aromatic heterocycles. The zero-order chi connectivity index (χ0) is 3.54. The van der Waals surface area contributed by atoms with Gasteiger partial charge in [0, 0.05) is 0 Å². The molecule has 0 N–H and O–H groups in total. The molecule has 39 valence electrons. The molecule has 0 saturated carbocycles. The molecule has 2 heteroatoms. The predicted molar refractivity (Wildman–Crippen MR) is 22.0 cm³/mol. The summed E-state index contributed by atoms with van der Waals surface area (Å²) in [5.74, 6) is 0. The van der Waals surface area contributed by atoms with Crippen molar-refractivity contribution >= 4 is 0 Å². The third-order valence-corrected chi connectivity index (χ3v) is 0.556. The Kier molecular flexibility index (Phi) is 9.95. The molecular formula is C5H5IMn. The van der Waals surface area contributed by atoms with E-state index >= 15 is 0 Å². The first-order chi connectivity index (χ1) is 2.50. The fourth-order valence-electron chi connectivity index (χ4n) is 0.321. The van der Waals surface area contributed by atoms with Gasteiger partial charge in [-0.2, -0.15) is 18.2 Å². The molecule has 0 fully saturated rings. The Labute approximate surface area is 71.2 Å². The summed E-state index contributed by atoms with van der Waals surface area (Å²) in [4.78, 5) is 0. The molecule has 0 heterocycles. The van der Waals surface area contributed by atoms with Gasteiger partial charge in [0.25, 0.3) is 0 Å². The van der Waals surface area contributed by atoms with E-state index in [1.165, 1.54) is 0 Å². The Morgan fingerprint density at radius 3 is 1.57 bits per heavy atom. The van der Waals surface area contributed by atoms with Crippen LogP contribution in [0.1, 0.15) is 0 Å². The zero-order valence-corrected chi connectivity index (χ0v) is 6.98. The first-order valence-corrected chi connectivity index (χ1v) is 1.67. The van der Waals surface area contributed by atoms with E-state index < -0.39 is 0 Å². The number of hydrogen-bond donors (Lipinski definition) is 0. The Morgan fingerprint density at radius 2 is 1.43 bits per heavy atom. The first-order valence-electron chi connectivity index (χ1n) is 1.67. The minimum atomic E-state index is 0. The van der Waals surface area contributed by atoms with Crippen molar-refractivity contribution in [2.45, 2.75) is 0 Å². The summed E-state index contributed by atoms with van der Waals surface area (Å²) in [6.45, 7) is 0. The molecule has 0 aliphatic heterocycles. The minimum absolute atomic E-state index is 0. The third-order valence-electron chi connectivity index (χ3n) is 0.556. The monoisotopic (exact) mass is 247 g/mol. The van der Waals surface area contributed by atoms with Crippen LogP contribution in [-0.4, -0.2) is 0 Å². The van der Waals surface area contributed by atoms with E-state index in [1.807, 2.05) is 30.3 Å². The van der Waals surface area contributed by atoms with Gasteiger partial charge in [0.15, 0.2) is 0 Å². The van der Waals surface area contributed by atoms with Gasteiger partial charge in [0.05, 0.1) is 0 Å². The summed E-state index contributed by atoms with van der Waals surface area (Å²) >= 11 is 0. The average Bonchev–Trinajstić information content (AvgIpc) is 1.76. The van der Waals surface area contributed by atoms with Crippen molar-refractivity contribution in [2.24, 2.45) is 0 Å². The van der Waals surface area contributed by atoms with Crippen molar-refractivity contribution < 1.29 is 41.0 Å². The predicted octanol–water partition coefficient (Wildman–Crippen LogP) is -1.59. The van der Waals surface area contributed by atoms with Gasteiger partial charge in [-0.3, -0.25) is 0 Å². The van der Waals surface area contributed by atoms with Crippen LogP contribution in [0.5, 0.6) is 0 Å². The molecule has 0 unspecified atom stereocenters. The van der Waals surface area contributed by atoms with E-state index in [-0.39, 0.29) is 41.0 Å². The Hall–Kier alpha value is 0.599. The van der Waals surface area contributed by atoms with Crippen LogP contribution in [0.25, 0.3) is 0 Å². The maximum Gasteiger partial charge on any atom is 2.00 e. The van der Waals surface area contributed by atoms with Gasteiger partial charge >= 0.3 is 17.1 Å². The van der Waals surface area contributed by atoms with Crippen LogP contribution >= 0.6 is 0 Å². The van der Waals surface area contributed by atoms with Crippen molar-refractivity contribution in [3.05, 3.63) is 30.3 Å². The molecule has 7 heavy (non-hydrogen) atoms. The van der Waals surface area contributed by atoms with Gasteiger partial charge in [0.1, 0.15) is 0 Å². The van der Waals surface area contributed by atoms with Crippen molar-refractivity contribution in [2.75, 3.05) is 0 Å². The molecule has 1 aromatic carbocycles. The van der Waals surface area contributed by atoms with Gasteiger partial charge in [-0.1, -0.05) is 0 Å². The van der Waals surface area contributed by atoms with E-state index in [9.17, 15) is 0 Å². The van der Waals surface area contributed by atoms with E-state index in [0.717, 1.165) is 0 Å². The van der Waals surface area contributed by atoms with Crippen molar-refractivity contribution in [3.63, 3.8) is 0 Å². The summed E-state index contributed by atoms with van der Waals surface area (Å²) < 4.78 is 0. The topological polar surface area (TPSA) is 0 Å². The third kappa shape index (κ3) is 4.45. The van der Waals surface area contributed by atoms with Crippen LogP contribution in [0, 0.1) is 0 Å². The molecule has 0 atom stereocenters. The van der Waals surface area contributed by atoms with Gasteiger partial charge in [-0.05, 0) is 0 Å². The molecule has 0 saturated heterocycles. The van der Waals surface area contributed by atoms with Gasteiger partial charge < -0.3 is 24.0 Å². The first kappa shape index (κ1) is 10.6. The van der Waals surface area contributed by atoms with E-state index in [1.54, 1.807) is 0 Å². The Bertz CT molecular complexity index is 64.6. The molecule has 0 spiro atoms. The van der Waals surface area contributed by atoms with Crippen molar-refractivity contribution in [1.29, 1.82) is 0 Å². The fourth-order valence-corrected chi connectivity index (χ4v) is 0.321. The van der Waals surface area contributed by atoms with Gasteiger partial charge in [-0.15, -0.1) is 0 Å². The second-order valence-corrected chi connectivity index (χ2v) is 0.962. The largest absolute Gasteiger partial charge is 2.00 e. The number of hydrogen-bond acceptors (Lipinski definition) is 0. The van der Waals surface area contributed by atoms with Gasteiger partial charge in [-0.25, -0.2) is 12.1 Å². The SMILES string of the molecule is [I-].[Mn+2].c1cc[cH-]c1. The summed E-state index contributed by atoms with van der Waals surface area (Å²) in [6.07, 6.45) is 0. The van der Waals surface area contributed by atoms with Crippen LogP contribution in [0.2, 0.25) is 0 Å². The van der Waals surface area contributed by atoms with Crippen molar-refractivity contribution in [1.82, 2.24) is 0 Å². The zero-order valence-electron chi connectivity index (χ0n) is 3.64. The maximum absolute atomic E-state index is 2.00. The minimum Gasteiger partial charge on any atom is -1.00 e. The smallest absolute Gasteiger partial charge is 1.00 e. The maximum atomic E-state index is 2.00. The standard InChI is InChI=1S/C5H5.HI.Mn/c1-2-4-5-3-1;;/h1-5H;1H;/q-1;;+2/p-1. The Balaban J connectivity index is 0. The van der Waals surface area contributed by atoms with Crippen LogP contribution in [0.15, 0.2) is 30.3 Å². The fraction of sp³-hybridized carbons (Fsp3) is 0. The summed E-state index contributed by atoms with van der Waals surface area (Å²) in [7, 11) is 0. The molecule has 0 amide bonds. The number of rotatable bonds is 0. The average molecular weight is 247 g/mol. The molecule has 0 bridgehead atoms. The van der Waals surface area contributed by atoms with Crippen LogP contribution in [0.3, 0.4) is 0 Å². The Morgan fingerprint density at radius 1 is 1.00 bits per heavy atom. The van der Waals surface area contributed by atoms with Gasteiger partial charge in [0.2, 0.25) is 0 Å². The van der Waals surface area contributed by atoms with E-state index in [0.29, 0.717) is 0 Å². The molecular weight excluding hydrogens is 242 g/mol. The summed E-state index contributed by atoms with van der Waals surface area (Å²) in [5.41, 5.74) is 0.